The first-order chi connectivity index (χ1) is 13.2. The van der Waals surface area contributed by atoms with E-state index in [1.165, 1.54) is 63.8 Å². The fourth-order valence-corrected chi connectivity index (χ4v) is 6.31. The van der Waals surface area contributed by atoms with Crippen LogP contribution in [0, 0.1) is 23.7 Å². The Hall–Kier alpha value is -2.18. The van der Waals surface area contributed by atoms with Crippen molar-refractivity contribution in [3.05, 3.63) is 28.6 Å². The van der Waals surface area contributed by atoms with Crippen molar-refractivity contribution >= 4 is 5.95 Å². The topological polar surface area (TPSA) is 88.5 Å². The molecule has 2 aromatic rings. The molecule has 2 aromatic heterocycles. The molecule has 0 saturated heterocycles. The van der Waals surface area contributed by atoms with Crippen LogP contribution in [-0.2, 0) is 5.41 Å². The Labute approximate surface area is 158 Å². The summed E-state index contributed by atoms with van der Waals surface area (Å²) in [5.41, 5.74) is -0.0506. The van der Waals surface area contributed by atoms with Crippen molar-refractivity contribution in [2.45, 2.75) is 56.8 Å². The number of nitrogens with zero attached hydrogens (tertiary/aromatic N) is 4. The summed E-state index contributed by atoms with van der Waals surface area (Å²) in [4.78, 5) is 23.9. The maximum atomic E-state index is 11.9. The number of rotatable bonds is 5. The Morgan fingerprint density at radius 2 is 1.85 bits per heavy atom. The number of aromatic amines is 1. The number of H-pyrrole nitrogens is 1. The fourth-order valence-electron chi connectivity index (χ4n) is 6.31. The smallest absolute Gasteiger partial charge is 0.252 e. The highest BCUT2D eigenvalue weighted by Crippen LogP contribution is 2.60. The van der Waals surface area contributed by atoms with E-state index >= 15 is 0 Å². The minimum atomic E-state index is -0.153. The number of hydrogen-bond acceptors (Lipinski definition) is 5. The summed E-state index contributed by atoms with van der Waals surface area (Å²) >= 11 is 0. The molecule has 5 aliphatic rings. The van der Waals surface area contributed by atoms with E-state index in [1.54, 1.807) is 0 Å². The fraction of sp³-hybridized carbons (Fsp3) is 0.700. The monoisotopic (exact) mass is 366 g/mol. The van der Waals surface area contributed by atoms with Gasteiger partial charge in [0.2, 0.25) is 5.95 Å². The van der Waals surface area contributed by atoms with Gasteiger partial charge in [0.1, 0.15) is 5.82 Å². The molecule has 0 amide bonds. The van der Waals surface area contributed by atoms with Gasteiger partial charge in [-0.1, -0.05) is 0 Å². The normalized spacial score (nSPS) is 34.1. The van der Waals surface area contributed by atoms with Crippen molar-refractivity contribution in [3.8, 4) is 5.82 Å². The second-order valence-corrected chi connectivity index (χ2v) is 9.46. The van der Waals surface area contributed by atoms with Gasteiger partial charge < -0.3 is 10.3 Å². The zero-order valence-electron chi connectivity index (χ0n) is 15.5. The zero-order valence-corrected chi connectivity index (χ0v) is 15.5. The summed E-state index contributed by atoms with van der Waals surface area (Å²) in [5.74, 6) is 5.55. The van der Waals surface area contributed by atoms with Crippen molar-refractivity contribution < 1.29 is 0 Å². The second-order valence-electron chi connectivity index (χ2n) is 9.46. The molecule has 0 radical (unpaired) electrons. The SMILES string of the molecule is O=c1cc(-n2nc(NCC3CC3)nc2C23CC4CC(CC(C4)C2)C3)nc[nH]1. The first-order valence-corrected chi connectivity index (χ1v) is 10.4. The summed E-state index contributed by atoms with van der Waals surface area (Å²) in [6, 6.07) is 1.53. The van der Waals surface area contributed by atoms with E-state index in [-0.39, 0.29) is 11.0 Å². The van der Waals surface area contributed by atoms with E-state index in [0.717, 1.165) is 36.0 Å². The van der Waals surface area contributed by atoms with E-state index in [2.05, 4.69) is 15.3 Å². The van der Waals surface area contributed by atoms with Crippen molar-refractivity contribution in [2.75, 3.05) is 11.9 Å². The average Bonchev–Trinajstić information content (AvgIpc) is 3.36. The minimum absolute atomic E-state index is 0.103. The van der Waals surface area contributed by atoms with Gasteiger partial charge in [0.25, 0.3) is 5.56 Å². The predicted molar refractivity (Wildman–Crippen MR) is 101 cm³/mol. The van der Waals surface area contributed by atoms with Gasteiger partial charge in [-0.15, -0.1) is 5.10 Å². The number of hydrogen-bond donors (Lipinski definition) is 2. The molecule has 27 heavy (non-hydrogen) atoms. The lowest BCUT2D eigenvalue weighted by Crippen LogP contribution is -2.49. The highest BCUT2D eigenvalue weighted by Gasteiger charge is 2.54. The first kappa shape index (κ1) is 15.8. The summed E-state index contributed by atoms with van der Waals surface area (Å²) in [6.45, 7) is 0.938. The first-order valence-electron chi connectivity index (χ1n) is 10.4. The van der Waals surface area contributed by atoms with Crippen LogP contribution in [0.3, 0.4) is 0 Å². The Morgan fingerprint density at radius 1 is 1.15 bits per heavy atom. The average molecular weight is 366 g/mol. The van der Waals surface area contributed by atoms with Crippen molar-refractivity contribution in [1.82, 2.24) is 24.7 Å². The van der Waals surface area contributed by atoms with Gasteiger partial charge in [-0.25, -0.2) is 4.98 Å². The Bertz CT molecular complexity index is 891. The van der Waals surface area contributed by atoms with Crippen LogP contribution in [0.5, 0.6) is 0 Å². The van der Waals surface area contributed by atoms with Crippen LogP contribution in [0.25, 0.3) is 5.82 Å². The van der Waals surface area contributed by atoms with Gasteiger partial charge >= 0.3 is 0 Å². The molecule has 5 fully saturated rings. The molecule has 5 saturated carbocycles. The molecular formula is C20H26N6O. The highest BCUT2D eigenvalue weighted by atomic mass is 16.1. The molecule has 7 rings (SSSR count). The molecule has 7 heteroatoms. The summed E-state index contributed by atoms with van der Waals surface area (Å²) in [5, 5.41) is 8.18. The van der Waals surface area contributed by atoms with Crippen LogP contribution in [0.2, 0.25) is 0 Å². The van der Waals surface area contributed by atoms with E-state index in [0.29, 0.717) is 11.8 Å². The number of anilines is 1. The van der Waals surface area contributed by atoms with Gasteiger partial charge in [0.15, 0.2) is 5.82 Å². The molecule has 142 valence electrons. The third-order valence-corrected chi connectivity index (χ3v) is 7.25. The lowest BCUT2D eigenvalue weighted by atomic mass is 9.49. The second kappa shape index (κ2) is 5.66. The van der Waals surface area contributed by atoms with Crippen LogP contribution < -0.4 is 10.9 Å². The van der Waals surface area contributed by atoms with E-state index in [9.17, 15) is 4.79 Å². The number of nitrogens with one attached hydrogen (secondary N) is 2. The van der Waals surface area contributed by atoms with Crippen LogP contribution in [-0.4, -0.2) is 31.3 Å². The molecule has 0 aromatic carbocycles. The quantitative estimate of drug-likeness (QED) is 0.849. The van der Waals surface area contributed by atoms with Crippen LogP contribution in [0.15, 0.2) is 17.2 Å². The van der Waals surface area contributed by atoms with Gasteiger partial charge in [-0.3, -0.25) is 4.79 Å². The van der Waals surface area contributed by atoms with Gasteiger partial charge in [-0.2, -0.15) is 9.67 Å². The molecule has 0 aliphatic heterocycles. The number of aromatic nitrogens is 5. The van der Waals surface area contributed by atoms with Crippen molar-refractivity contribution in [1.29, 1.82) is 0 Å². The largest absolute Gasteiger partial charge is 0.353 e. The third-order valence-electron chi connectivity index (χ3n) is 7.25. The van der Waals surface area contributed by atoms with Crippen LogP contribution in [0.4, 0.5) is 5.95 Å². The van der Waals surface area contributed by atoms with Crippen molar-refractivity contribution in [3.63, 3.8) is 0 Å². The molecule has 0 atom stereocenters. The highest BCUT2D eigenvalue weighted by molar-refractivity contribution is 5.34. The molecule has 2 N–H and O–H groups in total. The van der Waals surface area contributed by atoms with Crippen LogP contribution in [0.1, 0.15) is 57.2 Å². The Balaban J connectivity index is 1.43. The summed E-state index contributed by atoms with van der Waals surface area (Å²) < 4.78 is 1.86. The van der Waals surface area contributed by atoms with E-state index in [1.807, 2.05) is 4.68 Å². The maximum absolute atomic E-state index is 11.9. The molecule has 7 nitrogen and oxygen atoms in total. The third kappa shape index (κ3) is 2.70. The van der Waals surface area contributed by atoms with E-state index < -0.39 is 0 Å². The van der Waals surface area contributed by atoms with Gasteiger partial charge in [0, 0.05) is 18.0 Å². The van der Waals surface area contributed by atoms with E-state index in [4.69, 9.17) is 10.1 Å². The molecule has 0 spiro atoms. The van der Waals surface area contributed by atoms with Gasteiger partial charge in [0.05, 0.1) is 6.33 Å². The molecular weight excluding hydrogens is 340 g/mol. The van der Waals surface area contributed by atoms with Crippen molar-refractivity contribution in [2.24, 2.45) is 23.7 Å². The maximum Gasteiger partial charge on any atom is 0.252 e. The Kier molecular flexibility index (Phi) is 3.32. The molecule has 0 unspecified atom stereocenters. The molecule has 2 heterocycles. The molecule has 4 bridgehead atoms. The standard InChI is InChI=1S/C20H26N6O/c27-17-6-16(22-11-23-17)26-18(24-19(25-26)21-10-12-1-2-12)20-7-13-3-14(8-20)5-15(4-13)9-20/h6,11-15H,1-5,7-10H2,(H,21,25)(H,22,23,27). The summed E-state index contributed by atoms with van der Waals surface area (Å²) in [7, 11) is 0. The Morgan fingerprint density at radius 3 is 2.48 bits per heavy atom. The molecule has 5 aliphatic carbocycles. The predicted octanol–water partition coefficient (Wildman–Crippen LogP) is 2.64. The zero-order chi connectivity index (χ0) is 18.0. The lowest BCUT2D eigenvalue weighted by Gasteiger charge is -2.56. The summed E-state index contributed by atoms with van der Waals surface area (Å²) in [6.07, 6.45) is 11.9. The van der Waals surface area contributed by atoms with Gasteiger partial charge in [-0.05, 0) is 75.0 Å². The van der Waals surface area contributed by atoms with Crippen LogP contribution >= 0.6 is 0 Å². The lowest BCUT2D eigenvalue weighted by molar-refractivity contribution is -0.0104. The minimum Gasteiger partial charge on any atom is -0.353 e.